The predicted molar refractivity (Wildman–Crippen MR) is 106 cm³/mol. The lowest BCUT2D eigenvalue weighted by Gasteiger charge is -2.26. The van der Waals surface area contributed by atoms with Crippen molar-refractivity contribution in [3.8, 4) is 0 Å². The third-order valence-corrected chi connectivity index (χ3v) is 5.56. The van der Waals surface area contributed by atoms with E-state index in [1.165, 1.54) is 10.6 Å². The molecule has 2 rings (SSSR count). The molecule has 0 saturated heterocycles. The van der Waals surface area contributed by atoms with E-state index in [9.17, 15) is 13.2 Å². The normalized spacial score (nSPS) is 11.5. The van der Waals surface area contributed by atoms with Gasteiger partial charge in [0.15, 0.2) is 5.78 Å². The van der Waals surface area contributed by atoms with Gasteiger partial charge in [0.25, 0.3) is 0 Å². The minimum absolute atomic E-state index is 0.0776. The molecule has 0 aromatic heterocycles. The van der Waals surface area contributed by atoms with Gasteiger partial charge in [-0.15, -0.1) is 0 Å². The highest BCUT2D eigenvalue weighted by Gasteiger charge is 2.18. The summed E-state index contributed by atoms with van der Waals surface area (Å²) in [5, 5.41) is 0. The zero-order valence-corrected chi connectivity index (χ0v) is 16.4. The van der Waals surface area contributed by atoms with E-state index in [1.54, 1.807) is 36.4 Å². The smallest absolute Gasteiger partial charge is 0.232 e. The maximum Gasteiger partial charge on any atom is 0.232 e. The molecular weight excluding hydrogens is 348 g/mol. The molecule has 2 aromatic carbocycles. The van der Waals surface area contributed by atoms with Gasteiger partial charge in [0, 0.05) is 24.2 Å². The first-order valence-electron chi connectivity index (χ1n) is 8.76. The third kappa shape index (κ3) is 5.16. The van der Waals surface area contributed by atoms with Crippen LogP contribution in [0.25, 0.3) is 0 Å². The van der Waals surface area contributed by atoms with Crippen molar-refractivity contribution in [2.24, 2.45) is 0 Å². The summed E-state index contributed by atoms with van der Waals surface area (Å²) in [6.07, 6.45) is 1.21. The molecule has 5 nitrogen and oxygen atoms in total. The average molecular weight is 375 g/mol. The maximum atomic E-state index is 12.5. The Hall–Kier alpha value is -2.18. The van der Waals surface area contributed by atoms with Crippen LogP contribution in [-0.2, 0) is 10.0 Å². The fraction of sp³-hybridized carbons (Fsp3) is 0.350. The van der Waals surface area contributed by atoms with Crippen LogP contribution in [0.5, 0.6) is 0 Å². The van der Waals surface area contributed by atoms with Crippen molar-refractivity contribution in [1.29, 1.82) is 0 Å². The van der Waals surface area contributed by atoms with Gasteiger partial charge < -0.3 is 4.90 Å². The fourth-order valence-electron chi connectivity index (χ4n) is 2.79. The number of hydrogen-bond donors (Lipinski definition) is 0. The Morgan fingerprint density at radius 2 is 1.38 bits per heavy atom. The van der Waals surface area contributed by atoms with E-state index in [-0.39, 0.29) is 5.78 Å². The minimum Gasteiger partial charge on any atom is -0.302 e. The molecule has 0 saturated carbocycles. The Morgan fingerprint density at radius 3 is 1.88 bits per heavy atom. The van der Waals surface area contributed by atoms with Gasteiger partial charge in [-0.05, 0) is 37.4 Å². The summed E-state index contributed by atoms with van der Waals surface area (Å²) in [6, 6.07) is 15.8. The van der Waals surface area contributed by atoms with E-state index >= 15 is 0 Å². The van der Waals surface area contributed by atoms with Gasteiger partial charge in [-0.25, -0.2) is 8.42 Å². The number of nitrogens with zero attached hydrogens (tertiary/aromatic N) is 2. The minimum atomic E-state index is -3.39. The van der Waals surface area contributed by atoms with Crippen LogP contribution >= 0.6 is 0 Å². The van der Waals surface area contributed by atoms with Crippen LogP contribution in [0.2, 0.25) is 0 Å². The van der Waals surface area contributed by atoms with Crippen molar-refractivity contribution in [1.82, 2.24) is 4.90 Å². The maximum absolute atomic E-state index is 12.5. The second-order valence-electron chi connectivity index (χ2n) is 6.10. The monoisotopic (exact) mass is 374 g/mol. The highest BCUT2D eigenvalue weighted by molar-refractivity contribution is 7.92. The van der Waals surface area contributed by atoms with E-state index in [1.807, 2.05) is 18.2 Å². The van der Waals surface area contributed by atoms with Crippen molar-refractivity contribution in [2.75, 3.05) is 36.7 Å². The molecule has 0 radical (unpaired) electrons. The standard InChI is InChI=1S/C20H26N2O3S/c1-4-21(5-2)15-16-22(26(3,24)25)19-13-11-18(12-14-19)20(23)17-9-7-6-8-10-17/h6-14H,4-5,15-16H2,1-3H3. The van der Waals surface area contributed by atoms with Crippen molar-refractivity contribution in [2.45, 2.75) is 13.8 Å². The molecule has 0 unspecified atom stereocenters. The van der Waals surface area contributed by atoms with E-state index in [0.717, 1.165) is 13.1 Å². The van der Waals surface area contributed by atoms with E-state index in [0.29, 0.717) is 29.9 Å². The van der Waals surface area contributed by atoms with Gasteiger partial charge in [0.1, 0.15) is 0 Å². The molecule has 0 aliphatic rings. The summed E-state index contributed by atoms with van der Waals surface area (Å²) in [6.45, 7) is 6.89. The molecule has 0 bridgehead atoms. The summed E-state index contributed by atoms with van der Waals surface area (Å²) in [5.41, 5.74) is 1.73. The first-order chi connectivity index (χ1) is 12.4. The number of ketones is 1. The Balaban J connectivity index is 2.21. The molecule has 0 N–H and O–H groups in total. The number of anilines is 1. The zero-order valence-electron chi connectivity index (χ0n) is 15.6. The fourth-order valence-corrected chi connectivity index (χ4v) is 3.71. The summed E-state index contributed by atoms with van der Waals surface area (Å²) in [7, 11) is -3.39. The first kappa shape index (κ1) is 20.1. The molecule has 0 aliphatic carbocycles. The van der Waals surface area contributed by atoms with Crippen LogP contribution < -0.4 is 4.31 Å². The van der Waals surface area contributed by atoms with Gasteiger partial charge in [0.2, 0.25) is 10.0 Å². The summed E-state index contributed by atoms with van der Waals surface area (Å²) in [5.74, 6) is -0.0776. The van der Waals surface area contributed by atoms with Crippen LogP contribution in [0.4, 0.5) is 5.69 Å². The van der Waals surface area contributed by atoms with E-state index in [2.05, 4.69) is 18.7 Å². The second-order valence-corrected chi connectivity index (χ2v) is 8.01. The van der Waals surface area contributed by atoms with E-state index < -0.39 is 10.0 Å². The summed E-state index contributed by atoms with van der Waals surface area (Å²) < 4.78 is 25.8. The number of likely N-dealkylation sites (N-methyl/N-ethyl adjacent to an activating group) is 1. The van der Waals surface area contributed by atoms with Gasteiger partial charge in [-0.3, -0.25) is 9.10 Å². The Morgan fingerprint density at radius 1 is 0.846 bits per heavy atom. The van der Waals surface area contributed by atoms with Crippen molar-refractivity contribution in [3.63, 3.8) is 0 Å². The molecule has 26 heavy (non-hydrogen) atoms. The van der Waals surface area contributed by atoms with E-state index in [4.69, 9.17) is 0 Å². The molecule has 0 aliphatic heterocycles. The van der Waals surface area contributed by atoms with Gasteiger partial charge in [-0.1, -0.05) is 44.2 Å². The van der Waals surface area contributed by atoms with Crippen LogP contribution in [0, 0.1) is 0 Å². The molecule has 0 heterocycles. The van der Waals surface area contributed by atoms with Crippen LogP contribution in [0.3, 0.4) is 0 Å². The highest BCUT2D eigenvalue weighted by atomic mass is 32.2. The summed E-state index contributed by atoms with van der Waals surface area (Å²) >= 11 is 0. The number of rotatable bonds is 9. The molecule has 0 spiro atoms. The predicted octanol–water partition coefficient (Wildman–Crippen LogP) is 3.03. The Bertz CT molecular complexity index is 814. The SMILES string of the molecule is CCN(CC)CCN(c1ccc(C(=O)c2ccccc2)cc1)S(C)(=O)=O. The lowest BCUT2D eigenvalue weighted by molar-refractivity contribution is 0.103. The molecule has 0 amide bonds. The van der Waals surface area contributed by atoms with Crippen molar-refractivity contribution in [3.05, 3.63) is 65.7 Å². The number of carbonyl (C=O) groups is 1. The molecular formula is C20H26N2O3S. The Labute approximate surface area is 156 Å². The average Bonchev–Trinajstić information content (AvgIpc) is 2.65. The number of sulfonamides is 1. The topological polar surface area (TPSA) is 57.7 Å². The van der Waals surface area contributed by atoms with Crippen LogP contribution in [0.1, 0.15) is 29.8 Å². The van der Waals surface area contributed by atoms with Gasteiger partial charge >= 0.3 is 0 Å². The second kappa shape index (κ2) is 8.96. The molecule has 0 fully saturated rings. The largest absolute Gasteiger partial charge is 0.302 e. The Kier molecular flexibility index (Phi) is 6.94. The molecule has 0 atom stereocenters. The number of benzene rings is 2. The van der Waals surface area contributed by atoms with Crippen LogP contribution in [-0.4, -0.2) is 51.5 Å². The van der Waals surface area contributed by atoms with Crippen LogP contribution in [0.15, 0.2) is 54.6 Å². The quantitative estimate of drug-likeness (QED) is 0.633. The number of carbonyl (C=O) groups excluding carboxylic acids is 1. The summed E-state index contributed by atoms with van der Waals surface area (Å²) in [4.78, 5) is 14.7. The van der Waals surface area contributed by atoms with Gasteiger partial charge in [0.05, 0.1) is 11.9 Å². The lowest BCUT2D eigenvalue weighted by Crippen LogP contribution is -2.38. The molecule has 140 valence electrons. The van der Waals surface area contributed by atoms with Crippen molar-refractivity contribution < 1.29 is 13.2 Å². The first-order valence-corrected chi connectivity index (χ1v) is 10.6. The molecule has 2 aromatic rings. The van der Waals surface area contributed by atoms with Crippen molar-refractivity contribution >= 4 is 21.5 Å². The van der Waals surface area contributed by atoms with Gasteiger partial charge in [-0.2, -0.15) is 0 Å². The third-order valence-electron chi connectivity index (χ3n) is 4.37. The highest BCUT2D eigenvalue weighted by Crippen LogP contribution is 2.20. The zero-order chi connectivity index (χ0) is 19.2. The molecule has 6 heteroatoms. The number of hydrogen-bond acceptors (Lipinski definition) is 4. The lowest BCUT2D eigenvalue weighted by atomic mass is 10.0.